The Labute approximate surface area is 163 Å². The summed E-state index contributed by atoms with van der Waals surface area (Å²) in [4.78, 5) is 14.1. The predicted molar refractivity (Wildman–Crippen MR) is 110 cm³/mol. The van der Waals surface area contributed by atoms with E-state index in [1.807, 2.05) is 31.3 Å². The zero-order valence-corrected chi connectivity index (χ0v) is 16.3. The lowest BCUT2D eigenvalue weighted by Gasteiger charge is -2.17. The number of methoxy groups -OCH3 is 1. The molecular weight excluding hydrogens is 361 g/mol. The van der Waals surface area contributed by atoms with Crippen molar-refractivity contribution in [2.75, 3.05) is 19.9 Å². The van der Waals surface area contributed by atoms with E-state index in [0.29, 0.717) is 18.1 Å². The fraction of sp³-hybridized carbons (Fsp3) is 0.227. The first-order valence-corrected chi connectivity index (χ1v) is 9.83. The fourth-order valence-electron chi connectivity index (χ4n) is 2.81. The molecule has 0 spiro atoms. The molecule has 0 aliphatic carbocycles. The highest BCUT2D eigenvalue weighted by molar-refractivity contribution is 7.99. The van der Waals surface area contributed by atoms with Crippen LogP contribution in [0, 0.1) is 5.82 Å². The zero-order chi connectivity index (χ0) is 19.2. The second-order valence-corrected chi connectivity index (χ2v) is 7.40. The number of ether oxygens (including phenoxy) is 1. The number of thioether (sulfide) groups is 1. The molecule has 0 aliphatic heterocycles. The van der Waals surface area contributed by atoms with Crippen molar-refractivity contribution in [1.82, 2.24) is 4.90 Å². The van der Waals surface area contributed by atoms with Crippen LogP contribution in [0.5, 0.6) is 5.75 Å². The summed E-state index contributed by atoms with van der Waals surface area (Å²) in [5.41, 5.74) is 2.11. The number of fused-ring (bicyclic) bond motifs is 1. The van der Waals surface area contributed by atoms with E-state index >= 15 is 0 Å². The highest BCUT2D eigenvalue weighted by Gasteiger charge is 2.10. The van der Waals surface area contributed by atoms with Crippen molar-refractivity contribution in [1.29, 1.82) is 0 Å². The second-order valence-electron chi connectivity index (χ2n) is 6.42. The van der Waals surface area contributed by atoms with Crippen LogP contribution < -0.4 is 4.74 Å². The van der Waals surface area contributed by atoms with Gasteiger partial charge in [0.05, 0.1) is 12.9 Å². The molecule has 27 heavy (non-hydrogen) atoms. The van der Waals surface area contributed by atoms with Gasteiger partial charge in [0.2, 0.25) is 5.91 Å². The minimum absolute atomic E-state index is 0.0805. The van der Waals surface area contributed by atoms with Crippen LogP contribution >= 0.6 is 11.8 Å². The van der Waals surface area contributed by atoms with E-state index in [0.717, 1.165) is 27.6 Å². The molecule has 0 aliphatic rings. The van der Waals surface area contributed by atoms with Gasteiger partial charge in [-0.15, -0.1) is 11.8 Å². The molecule has 0 heterocycles. The van der Waals surface area contributed by atoms with E-state index in [-0.39, 0.29) is 11.7 Å². The molecule has 3 rings (SSSR count). The van der Waals surface area contributed by atoms with Crippen LogP contribution in [0.1, 0.15) is 11.1 Å². The predicted octanol–water partition coefficient (Wildman–Crippen LogP) is 4.88. The highest BCUT2D eigenvalue weighted by Crippen LogP contribution is 2.22. The van der Waals surface area contributed by atoms with Crippen molar-refractivity contribution >= 4 is 28.4 Å². The fourth-order valence-corrected chi connectivity index (χ4v) is 3.73. The van der Waals surface area contributed by atoms with Crippen molar-refractivity contribution in [3.05, 3.63) is 77.6 Å². The summed E-state index contributed by atoms with van der Waals surface area (Å²) in [6.07, 6.45) is 0. The number of hydrogen-bond acceptors (Lipinski definition) is 3. The molecule has 0 N–H and O–H groups in total. The van der Waals surface area contributed by atoms with E-state index < -0.39 is 0 Å². The number of carbonyl (C=O) groups is 1. The molecule has 0 aromatic heterocycles. The Morgan fingerprint density at radius 3 is 2.41 bits per heavy atom. The number of nitrogens with zero attached hydrogens (tertiary/aromatic N) is 1. The van der Waals surface area contributed by atoms with E-state index in [1.54, 1.807) is 24.1 Å². The largest absolute Gasteiger partial charge is 0.497 e. The first kappa shape index (κ1) is 19.2. The van der Waals surface area contributed by atoms with Crippen LogP contribution in [0.2, 0.25) is 0 Å². The molecule has 0 unspecified atom stereocenters. The minimum Gasteiger partial charge on any atom is -0.497 e. The maximum Gasteiger partial charge on any atom is 0.232 e. The molecule has 3 nitrogen and oxygen atoms in total. The third-order valence-corrected chi connectivity index (χ3v) is 5.35. The summed E-state index contributed by atoms with van der Waals surface area (Å²) in [7, 11) is 3.48. The summed E-state index contributed by atoms with van der Waals surface area (Å²) < 4.78 is 18.2. The Balaban J connectivity index is 1.54. The number of halogens is 1. The van der Waals surface area contributed by atoms with Crippen LogP contribution in [0.4, 0.5) is 4.39 Å². The monoisotopic (exact) mass is 383 g/mol. The van der Waals surface area contributed by atoms with Crippen LogP contribution in [0.15, 0.2) is 60.7 Å². The Kier molecular flexibility index (Phi) is 6.35. The second kappa shape index (κ2) is 8.91. The maximum atomic E-state index is 12.9. The number of amides is 1. The third-order valence-electron chi connectivity index (χ3n) is 4.36. The van der Waals surface area contributed by atoms with E-state index in [2.05, 4.69) is 12.1 Å². The van der Waals surface area contributed by atoms with Gasteiger partial charge < -0.3 is 9.64 Å². The van der Waals surface area contributed by atoms with Gasteiger partial charge >= 0.3 is 0 Å². The van der Waals surface area contributed by atoms with Crippen molar-refractivity contribution in [2.24, 2.45) is 0 Å². The Hall–Kier alpha value is -2.53. The van der Waals surface area contributed by atoms with Gasteiger partial charge in [0.15, 0.2) is 0 Å². The average Bonchev–Trinajstić information content (AvgIpc) is 2.69. The molecule has 0 atom stereocenters. The molecule has 1 amide bonds. The van der Waals surface area contributed by atoms with E-state index in [1.165, 1.54) is 23.9 Å². The van der Waals surface area contributed by atoms with Crippen molar-refractivity contribution in [3.8, 4) is 5.75 Å². The number of hydrogen-bond donors (Lipinski definition) is 0. The molecule has 3 aromatic carbocycles. The molecule has 0 saturated heterocycles. The van der Waals surface area contributed by atoms with Crippen LogP contribution in [0.3, 0.4) is 0 Å². The standard InChI is InChI=1S/C22H22FNO2S/c1-24(22(25)15-27-14-16-4-8-20(23)9-5-16)13-17-3-6-19-12-21(26-2)10-7-18(19)11-17/h3-12H,13-15H2,1-2H3. The lowest BCUT2D eigenvalue weighted by Crippen LogP contribution is -2.27. The van der Waals surface area contributed by atoms with Gasteiger partial charge in [-0.3, -0.25) is 4.79 Å². The molecular formula is C22H22FNO2S. The maximum absolute atomic E-state index is 12.9. The topological polar surface area (TPSA) is 29.5 Å². The van der Waals surface area contributed by atoms with Gasteiger partial charge in [-0.2, -0.15) is 0 Å². The van der Waals surface area contributed by atoms with Gasteiger partial charge in [-0.1, -0.05) is 30.3 Å². The Morgan fingerprint density at radius 1 is 1.00 bits per heavy atom. The first-order chi connectivity index (χ1) is 13.0. The molecule has 0 bridgehead atoms. The van der Waals surface area contributed by atoms with Gasteiger partial charge in [0, 0.05) is 19.3 Å². The van der Waals surface area contributed by atoms with Crippen molar-refractivity contribution < 1.29 is 13.9 Å². The lowest BCUT2D eigenvalue weighted by molar-refractivity contribution is -0.127. The average molecular weight is 383 g/mol. The summed E-state index contributed by atoms with van der Waals surface area (Å²) >= 11 is 1.54. The van der Waals surface area contributed by atoms with Gasteiger partial charge in [0.1, 0.15) is 11.6 Å². The SMILES string of the molecule is COc1ccc2cc(CN(C)C(=O)CSCc3ccc(F)cc3)ccc2c1. The Bertz CT molecular complexity index is 927. The summed E-state index contributed by atoms with van der Waals surface area (Å²) in [6.45, 7) is 0.567. The smallest absolute Gasteiger partial charge is 0.232 e. The summed E-state index contributed by atoms with van der Waals surface area (Å²) in [6, 6.07) is 18.5. The van der Waals surface area contributed by atoms with Crippen molar-refractivity contribution in [3.63, 3.8) is 0 Å². The Morgan fingerprint density at radius 2 is 1.67 bits per heavy atom. The summed E-state index contributed by atoms with van der Waals surface area (Å²) in [5.74, 6) is 1.77. The van der Waals surface area contributed by atoms with Gasteiger partial charge in [-0.25, -0.2) is 4.39 Å². The lowest BCUT2D eigenvalue weighted by atomic mass is 10.1. The minimum atomic E-state index is -0.242. The number of rotatable bonds is 7. The number of carbonyl (C=O) groups excluding carboxylic acids is 1. The molecule has 140 valence electrons. The van der Waals surface area contributed by atoms with E-state index in [4.69, 9.17) is 4.74 Å². The van der Waals surface area contributed by atoms with Crippen LogP contribution in [-0.4, -0.2) is 30.7 Å². The highest BCUT2D eigenvalue weighted by atomic mass is 32.2. The van der Waals surface area contributed by atoms with E-state index in [9.17, 15) is 9.18 Å². The summed E-state index contributed by atoms with van der Waals surface area (Å²) in [5, 5.41) is 2.24. The molecule has 0 fully saturated rings. The molecule has 0 saturated carbocycles. The zero-order valence-electron chi connectivity index (χ0n) is 15.4. The first-order valence-electron chi connectivity index (χ1n) is 8.68. The quantitative estimate of drug-likeness (QED) is 0.582. The normalized spacial score (nSPS) is 10.8. The van der Waals surface area contributed by atoms with Crippen LogP contribution in [0.25, 0.3) is 10.8 Å². The van der Waals surface area contributed by atoms with Crippen LogP contribution in [-0.2, 0) is 17.1 Å². The molecule has 5 heteroatoms. The molecule has 0 radical (unpaired) electrons. The van der Waals surface area contributed by atoms with Crippen molar-refractivity contribution in [2.45, 2.75) is 12.3 Å². The number of benzene rings is 3. The van der Waals surface area contributed by atoms with Gasteiger partial charge in [0.25, 0.3) is 0 Å². The molecule has 3 aromatic rings. The van der Waals surface area contributed by atoms with Gasteiger partial charge in [-0.05, 0) is 52.2 Å². The third kappa shape index (κ3) is 5.23.